The van der Waals surface area contributed by atoms with Gasteiger partial charge in [-0.15, -0.1) is 0 Å². The highest BCUT2D eigenvalue weighted by molar-refractivity contribution is 5.93. The number of hydrogen-bond acceptors (Lipinski definition) is 3. The monoisotopic (exact) mass is 318 g/mol. The van der Waals surface area contributed by atoms with Crippen LogP contribution >= 0.6 is 0 Å². The maximum Gasteiger partial charge on any atom is 0.319 e. The van der Waals surface area contributed by atoms with E-state index in [1.807, 2.05) is 18.2 Å². The predicted octanol–water partition coefficient (Wildman–Crippen LogP) is 1.83. The lowest BCUT2D eigenvalue weighted by Crippen LogP contribution is -2.52. The summed E-state index contributed by atoms with van der Waals surface area (Å²) in [5, 5.41) is 8.39. The van der Waals surface area contributed by atoms with Gasteiger partial charge >= 0.3 is 6.03 Å². The minimum atomic E-state index is -0.598. The smallest absolute Gasteiger partial charge is 0.319 e. The average Bonchev–Trinajstić information content (AvgIpc) is 2.56. The molecule has 0 saturated heterocycles. The van der Waals surface area contributed by atoms with Gasteiger partial charge in [0.15, 0.2) is 0 Å². The molecule has 5 N–H and O–H groups in total. The first kappa shape index (κ1) is 17.3. The SMILES string of the molecule is CC(NC(=O)Nc1ccccc1)C(=O)NC1CCCCC1CN. The molecule has 0 bridgehead atoms. The van der Waals surface area contributed by atoms with E-state index >= 15 is 0 Å². The molecule has 3 amide bonds. The topological polar surface area (TPSA) is 96.2 Å². The molecule has 126 valence electrons. The third-order valence-corrected chi connectivity index (χ3v) is 4.31. The molecule has 3 atom stereocenters. The molecule has 23 heavy (non-hydrogen) atoms. The van der Waals surface area contributed by atoms with Crippen molar-refractivity contribution in [2.45, 2.75) is 44.7 Å². The quantitative estimate of drug-likeness (QED) is 0.667. The summed E-state index contributed by atoms with van der Waals surface area (Å²) < 4.78 is 0. The number of anilines is 1. The molecule has 3 unspecified atom stereocenters. The molecule has 1 aliphatic rings. The van der Waals surface area contributed by atoms with Crippen LogP contribution in [0.2, 0.25) is 0 Å². The van der Waals surface area contributed by atoms with Gasteiger partial charge in [0, 0.05) is 11.7 Å². The second kappa shape index (κ2) is 8.53. The van der Waals surface area contributed by atoms with Gasteiger partial charge in [0.25, 0.3) is 0 Å². The first-order valence-corrected chi connectivity index (χ1v) is 8.23. The number of rotatable bonds is 5. The van der Waals surface area contributed by atoms with Crippen LogP contribution < -0.4 is 21.7 Å². The lowest BCUT2D eigenvalue weighted by Gasteiger charge is -2.32. The fraction of sp³-hybridized carbons (Fsp3) is 0.529. The highest BCUT2D eigenvalue weighted by Gasteiger charge is 2.27. The molecule has 1 aliphatic carbocycles. The Balaban J connectivity index is 1.81. The van der Waals surface area contributed by atoms with Crippen LogP contribution in [0.4, 0.5) is 10.5 Å². The molecule has 6 nitrogen and oxygen atoms in total. The van der Waals surface area contributed by atoms with Crippen molar-refractivity contribution in [3.8, 4) is 0 Å². The van der Waals surface area contributed by atoms with Gasteiger partial charge in [-0.05, 0) is 44.4 Å². The van der Waals surface area contributed by atoms with E-state index in [0.29, 0.717) is 18.2 Å². The van der Waals surface area contributed by atoms with E-state index in [1.54, 1.807) is 19.1 Å². The van der Waals surface area contributed by atoms with Crippen LogP contribution in [-0.4, -0.2) is 30.6 Å². The van der Waals surface area contributed by atoms with Crippen molar-refractivity contribution < 1.29 is 9.59 Å². The van der Waals surface area contributed by atoms with Crippen LogP contribution in [0.25, 0.3) is 0 Å². The molecular formula is C17H26N4O2. The Bertz CT molecular complexity index is 521. The summed E-state index contributed by atoms with van der Waals surface area (Å²) in [5.41, 5.74) is 6.47. The third kappa shape index (κ3) is 5.25. The van der Waals surface area contributed by atoms with Crippen molar-refractivity contribution in [1.82, 2.24) is 10.6 Å². The van der Waals surface area contributed by atoms with Crippen molar-refractivity contribution in [2.75, 3.05) is 11.9 Å². The van der Waals surface area contributed by atoms with Gasteiger partial charge < -0.3 is 21.7 Å². The average molecular weight is 318 g/mol. The van der Waals surface area contributed by atoms with E-state index in [1.165, 1.54) is 6.42 Å². The molecule has 2 rings (SSSR count). The summed E-state index contributed by atoms with van der Waals surface area (Å²) in [7, 11) is 0. The Morgan fingerprint density at radius 1 is 1.22 bits per heavy atom. The van der Waals surface area contributed by atoms with E-state index in [0.717, 1.165) is 19.3 Å². The van der Waals surface area contributed by atoms with E-state index < -0.39 is 12.1 Å². The van der Waals surface area contributed by atoms with Gasteiger partial charge in [0.1, 0.15) is 6.04 Å². The summed E-state index contributed by atoms with van der Waals surface area (Å²) in [5.74, 6) is 0.164. The van der Waals surface area contributed by atoms with Crippen molar-refractivity contribution >= 4 is 17.6 Å². The lowest BCUT2D eigenvalue weighted by atomic mass is 9.84. The normalized spacial score (nSPS) is 22.0. The number of urea groups is 1. The zero-order chi connectivity index (χ0) is 16.7. The Morgan fingerprint density at radius 3 is 2.61 bits per heavy atom. The second-order valence-corrected chi connectivity index (χ2v) is 6.08. The zero-order valence-electron chi connectivity index (χ0n) is 13.5. The van der Waals surface area contributed by atoms with Crippen LogP contribution in [0.3, 0.4) is 0 Å². The predicted molar refractivity (Wildman–Crippen MR) is 91.0 cm³/mol. The van der Waals surface area contributed by atoms with Crippen LogP contribution in [0, 0.1) is 5.92 Å². The van der Waals surface area contributed by atoms with Gasteiger partial charge in [-0.3, -0.25) is 4.79 Å². The molecule has 0 aromatic heterocycles. The molecule has 0 aliphatic heterocycles. The summed E-state index contributed by atoms with van der Waals surface area (Å²) in [6, 6.07) is 8.25. The number of amides is 3. The highest BCUT2D eigenvalue weighted by Crippen LogP contribution is 2.23. The number of nitrogens with one attached hydrogen (secondary N) is 3. The minimum absolute atomic E-state index is 0.114. The van der Waals surface area contributed by atoms with Gasteiger partial charge in [0.05, 0.1) is 0 Å². The molecule has 1 fully saturated rings. The molecule has 1 saturated carbocycles. The fourth-order valence-corrected chi connectivity index (χ4v) is 2.94. The maximum atomic E-state index is 12.3. The van der Waals surface area contributed by atoms with Crippen molar-refractivity contribution in [1.29, 1.82) is 0 Å². The standard InChI is InChI=1S/C17H26N4O2/c1-12(19-17(23)20-14-8-3-2-4-9-14)16(22)21-15-10-6-5-7-13(15)11-18/h2-4,8-9,12-13,15H,5-7,10-11,18H2,1H3,(H,21,22)(H2,19,20,23). The van der Waals surface area contributed by atoms with Gasteiger partial charge in [0.2, 0.25) is 5.91 Å². The van der Waals surface area contributed by atoms with Crippen molar-refractivity contribution in [3.05, 3.63) is 30.3 Å². The summed E-state index contributed by atoms with van der Waals surface area (Å²) in [4.78, 5) is 24.2. The van der Waals surface area contributed by atoms with E-state index in [2.05, 4.69) is 16.0 Å². The first-order valence-electron chi connectivity index (χ1n) is 8.23. The van der Waals surface area contributed by atoms with E-state index in [4.69, 9.17) is 5.73 Å². The molecule has 6 heteroatoms. The van der Waals surface area contributed by atoms with Gasteiger partial charge in [-0.25, -0.2) is 4.79 Å². The second-order valence-electron chi connectivity index (χ2n) is 6.08. The van der Waals surface area contributed by atoms with Gasteiger partial charge in [-0.2, -0.15) is 0 Å². The summed E-state index contributed by atoms with van der Waals surface area (Å²) >= 11 is 0. The number of carbonyl (C=O) groups excluding carboxylic acids is 2. The molecule has 0 radical (unpaired) electrons. The first-order chi connectivity index (χ1) is 11.1. The molecular weight excluding hydrogens is 292 g/mol. The van der Waals surface area contributed by atoms with Crippen LogP contribution in [0.15, 0.2) is 30.3 Å². The zero-order valence-corrected chi connectivity index (χ0v) is 13.5. The maximum absolute atomic E-state index is 12.3. The summed E-state index contributed by atoms with van der Waals surface area (Å²) in [6.07, 6.45) is 4.29. The Morgan fingerprint density at radius 2 is 1.91 bits per heavy atom. The van der Waals surface area contributed by atoms with E-state index in [9.17, 15) is 9.59 Å². The van der Waals surface area contributed by atoms with Gasteiger partial charge in [-0.1, -0.05) is 31.0 Å². The van der Waals surface area contributed by atoms with Crippen molar-refractivity contribution in [3.63, 3.8) is 0 Å². The molecule has 1 aromatic carbocycles. The number of carbonyl (C=O) groups is 2. The van der Waals surface area contributed by atoms with Crippen LogP contribution in [0.5, 0.6) is 0 Å². The lowest BCUT2D eigenvalue weighted by molar-refractivity contribution is -0.123. The molecule has 0 heterocycles. The number of para-hydroxylation sites is 1. The Hall–Kier alpha value is -2.08. The summed E-state index contributed by atoms with van der Waals surface area (Å²) in [6.45, 7) is 2.27. The Kier molecular flexibility index (Phi) is 6.40. The van der Waals surface area contributed by atoms with Crippen LogP contribution in [0.1, 0.15) is 32.6 Å². The largest absolute Gasteiger partial charge is 0.351 e. The van der Waals surface area contributed by atoms with E-state index in [-0.39, 0.29) is 11.9 Å². The minimum Gasteiger partial charge on any atom is -0.351 e. The van der Waals surface area contributed by atoms with Crippen molar-refractivity contribution in [2.24, 2.45) is 11.7 Å². The number of nitrogens with two attached hydrogens (primary N) is 1. The van der Waals surface area contributed by atoms with Crippen LogP contribution in [-0.2, 0) is 4.79 Å². The Labute approximate surface area is 137 Å². The fourth-order valence-electron chi connectivity index (χ4n) is 2.94. The number of benzene rings is 1. The highest BCUT2D eigenvalue weighted by atomic mass is 16.2. The third-order valence-electron chi connectivity index (χ3n) is 4.31. The molecule has 1 aromatic rings. The number of hydrogen-bond donors (Lipinski definition) is 4. The molecule has 0 spiro atoms.